The van der Waals surface area contributed by atoms with Crippen molar-refractivity contribution in [2.75, 3.05) is 14.2 Å². The van der Waals surface area contributed by atoms with E-state index in [9.17, 15) is 9.59 Å². The molecule has 9 heteroatoms. The number of hydrogen-bond acceptors (Lipinski definition) is 7. The molecule has 2 unspecified atom stereocenters. The fraction of sp³-hybridized carbons (Fsp3) is 0.762. The summed E-state index contributed by atoms with van der Waals surface area (Å²) >= 11 is 0. The third kappa shape index (κ3) is 12.7. The molecule has 294 valence electrons. The summed E-state index contributed by atoms with van der Waals surface area (Å²) in [5.41, 5.74) is 3.06. The number of hydrogen-bond donors (Lipinski definition) is 0. The van der Waals surface area contributed by atoms with Crippen molar-refractivity contribution in [2.45, 2.75) is 169 Å². The summed E-state index contributed by atoms with van der Waals surface area (Å²) < 4.78 is 32.6. The number of rotatable bonds is 15. The fourth-order valence-corrected chi connectivity index (χ4v) is 15.5. The van der Waals surface area contributed by atoms with Crippen LogP contribution in [0, 0.1) is 23.7 Å². The van der Waals surface area contributed by atoms with E-state index >= 15 is 0 Å². The summed E-state index contributed by atoms with van der Waals surface area (Å²) in [6.45, 7) is 31.4. The van der Waals surface area contributed by atoms with Crippen molar-refractivity contribution in [3.63, 3.8) is 0 Å². The van der Waals surface area contributed by atoms with Gasteiger partial charge < -0.3 is 27.9 Å². The quantitative estimate of drug-likeness (QED) is 0.0937. The Balaban J connectivity index is 4.20. The second kappa shape index (κ2) is 22.4. The van der Waals surface area contributed by atoms with Crippen molar-refractivity contribution in [3.8, 4) is 0 Å². The van der Waals surface area contributed by atoms with E-state index in [0.717, 1.165) is 48.9 Å². The van der Waals surface area contributed by atoms with Crippen LogP contribution >= 0.6 is 0 Å². The molecule has 0 spiro atoms. The summed E-state index contributed by atoms with van der Waals surface area (Å²) in [4.78, 5) is 25.5. The summed E-state index contributed by atoms with van der Waals surface area (Å²) in [6, 6.07) is 4.25. The molecule has 0 bridgehead atoms. The smallest absolute Gasteiger partial charge is 0.373 e. The Morgan fingerprint density at radius 3 is 1.84 bits per heavy atom. The van der Waals surface area contributed by atoms with Crippen LogP contribution in [-0.2, 0) is 32.7 Å². The maximum absolute atomic E-state index is 13.6. The highest BCUT2D eigenvalue weighted by atomic mass is 28.4. The van der Waals surface area contributed by atoms with Gasteiger partial charge in [0.05, 0.1) is 25.2 Å². The Morgan fingerprint density at radius 2 is 1.41 bits per heavy atom. The zero-order valence-electron chi connectivity index (χ0n) is 35.3. The number of cyclic esters (lactones) is 1. The first-order valence-corrected chi connectivity index (χ1v) is 24.6. The second-order valence-corrected chi connectivity index (χ2v) is 25.6. The third-order valence-corrected chi connectivity index (χ3v) is 22.3. The van der Waals surface area contributed by atoms with Gasteiger partial charge in [-0.2, -0.15) is 0 Å². The number of carbonyl (C=O) groups is 2. The predicted molar refractivity (Wildman–Crippen MR) is 218 cm³/mol. The summed E-state index contributed by atoms with van der Waals surface area (Å²) in [5.74, 6) is -0.737. The lowest BCUT2D eigenvalue weighted by atomic mass is 9.79. The zero-order chi connectivity index (χ0) is 39.1. The maximum atomic E-state index is 13.6. The first kappa shape index (κ1) is 47.2. The molecule has 1 heterocycles. The Morgan fingerprint density at radius 1 is 0.882 bits per heavy atom. The standard InChI is InChI=1S/C42H76O7Si2/c1-17-36-39(48-50(18-2,19-3)29(6)7)33(12)25-31(10)23-22-24-37(45-15)41(35(14)28-43)47-42(44)38(46-16)27-32(11)26-34(13)40(36)49-51(20-4,21-5)30(8)9/h22-24,26-30,33-37,39-41H,17-21,25H2,1-16H3/b24-22+,31-23+,32-26+,38-27-/t33-,34-,35+,36?,37+,39+,40-,41?/m1/s1. The van der Waals surface area contributed by atoms with Gasteiger partial charge in [-0.15, -0.1) is 0 Å². The molecular weight excluding hydrogens is 673 g/mol. The summed E-state index contributed by atoms with van der Waals surface area (Å²) in [6.07, 6.45) is 10.9. The average Bonchev–Trinajstić information content (AvgIpc) is 3.10. The monoisotopic (exact) mass is 749 g/mol. The summed E-state index contributed by atoms with van der Waals surface area (Å²) in [7, 11) is -1.21. The second-order valence-electron chi connectivity index (χ2n) is 15.7. The van der Waals surface area contributed by atoms with Crippen LogP contribution in [0.1, 0.15) is 110 Å². The van der Waals surface area contributed by atoms with Crippen LogP contribution in [0.3, 0.4) is 0 Å². The lowest BCUT2D eigenvalue weighted by Gasteiger charge is -2.48. The Hall–Kier alpha value is -1.79. The molecule has 0 aromatic rings. The highest BCUT2D eigenvalue weighted by Gasteiger charge is 2.46. The van der Waals surface area contributed by atoms with E-state index in [2.05, 4.69) is 95.2 Å². The highest BCUT2D eigenvalue weighted by molar-refractivity contribution is 6.75. The van der Waals surface area contributed by atoms with Crippen LogP contribution in [0.2, 0.25) is 35.3 Å². The van der Waals surface area contributed by atoms with Crippen molar-refractivity contribution in [1.82, 2.24) is 0 Å². The predicted octanol–water partition coefficient (Wildman–Crippen LogP) is 11.0. The molecule has 0 saturated carbocycles. The molecule has 51 heavy (non-hydrogen) atoms. The van der Waals surface area contributed by atoms with Crippen LogP contribution in [0.4, 0.5) is 0 Å². The van der Waals surface area contributed by atoms with Gasteiger partial charge in [-0.05, 0) is 79.9 Å². The van der Waals surface area contributed by atoms with Crippen LogP contribution in [-0.4, -0.2) is 67.5 Å². The molecule has 0 aromatic heterocycles. The molecule has 0 amide bonds. The molecule has 1 aliphatic rings. The number of ether oxygens (including phenoxy) is 3. The van der Waals surface area contributed by atoms with E-state index in [0.29, 0.717) is 11.1 Å². The van der Waals surface area contributed by atoms with Gasteiger partial charge >= 0.3 is 5.97 Å². The van der Waals surface area contributed by atoms with Crippen LogP contribution < -0.4 is 0 Å². The molecule has 0 radical (unpaired) electrons. The van der Waals surface area contributed by atoms with E-state index in [4.69, 9.17) is 23.1 Å². The van der Waals surface area contributed by atoms with Crippen molar-refractivity contribution in [2.24, 2.45) is 23.7 Å². The summed E-state index contributed by atoms with van der Waals surface area (Å²) in [5, 5.41) is 0. The number of esters is 1. The number of aldehydes is 1. The molecule has 1 aliphatic heterocycles. The third-order valence-electron chi connectivity index (χ3n) is 11.8. The van der Waals surface area contributed by atoms with Gasteiger partial charge in [0.1, 0.15) is 18.5 Å². The molecule has 1 rings (SSSR count). The molecule has 0 N–H and O–H groups in total. The molecule has 7 nitrogen and oxygen atoms in total. The molecule has 0 fully saturated rings. The van der Waals surface area contributed by atoms with Crippen LogP contribution in [0.15, 0.2) is 47.3 Å². The molecule has 0 saturated heterocycles. The van der Waals surface area contributed by atoms with E-state index < -0.39 is 40.7 Å². The number of methoxy groups -OCH3 is 2. The molecule has 8 atom stereocenters. The fourth-order valence-electron chi connectivity index (χ4n) is 8.18. The van der Waals surface area contributed by atoms with E-state index in [1.165, 1.54) is 12.7 Å². The van der Waals surface area contributed by atoms with Gasteiger partial charge in [-0.25, -0.2) is 4.79 Å². The van der Waals surface area contributed by atoms with E-state index in [1.807, 2.05) is 19.1 Å². The average molecular weight is 749 g/mol. The van der Waals surface area contributed by atoms with Gasteiger partial charge in [0, 0.05) is 13.0 Å². The normalized spacial score (nSPS) is 30.9. The first-order chi connectivity index (χ1) is 24.0. The largest absolute Gasteiger partial charge is 0.490 e. The van der Waals surface area contributed by atoms with Crippen LogP contribution in [0.25, 0.3) is 0 Å². The van der Waals surface area contributed by atoms with Gasteiger partial charge in [0.15, 0.2) is 16.6 Å². The van der Waals surface area contributed by atoms with Gasteiger partial charge in [0.2, 0.25) is 5.76 Å². The lowest BCUT2D eigenvalue weighted by Crippen LogP contribution is -2.54. The molecular formula is C42H76O7Si2. The zero-order valence-corrected chi connectivity index (χ0v) is 37.3. The first-order valence-electron chi connectivity index (χ1n) is 19.8. The minimum Gasteiger partial charge on any atom is -0.490 e. The SMILES string of the molecule is CCC1[C@@H](O[Si](CC)(CC)C(C)C)[C@H](C)C/C(C)=C/C=C/[C@H](OC)C([C@@H](C)C=O)OC(=O)/C(OC)=C/C(C)=C/[C@@H](C)[C@H]1O[Si](CC)(CC)C(C)C. The topological polar surface area (TPSA) is 80.3 Å². The molecule has 0 aromatic carbocycles. The number of allylic oxidation sites excluding steroid dienone is 5. The van der Waals surface area contributed by atoms with E-state index in [-0.39, 0.29) is 35.7 Å². The van der Waals surface area contributed by atoms with Crippen molar-refractivity contribution in [3.05, 3.63) is 47.3 Å². The van der Waals surface area contributed by atoms with Crippen molar-refractivity contribution in [1.29, 1.82) is 0 Å². The molecule has 0 aliphatic carbocycles. The Labute approximate surface area is 315 Å². The van der Waals surface area contributed by atoms with E-state index in [1.54, 1.807) is 20.1 Å². The van der Waals surface area contributed by atoms with Gasteiger partial charge in [-0.3, -0.25) is 0 Å². The lowest BCUT2D eigenvalue weighted by molar-refractivity contribution is -0.157. The van der Waals surface area contributed by atoms with Gasteiger partial charge in [-0.1, -0.05) is 119 Å². The number of carbonyl (C=O) groups excluding carboxylic acids is 2. The van der Waals surface area contributed by atoms with Crippen molar-refractivity contribution < 1.29 is 32.7 Å². The van der Waals surface area contributed by atoms with Crippen LogP contribution in [0.5, 0.6) is 0 Å². The Kier molecular flexibility index (Phi) is 20.8. The minimum absolute atomic E-state index is 0.00788. The van der Waals surface area contributed by atoms with Crippen molar-refractivity contribution >= 4 is 28.9 Å². The maximum Gasteiger partial charge on any atom is 0.373 e. The minimum atomic E-state index is -2.14. The van der Waals surface area contributed by atoms with Gasteiger partial charge in [0.25, 0.3) is 0 Å². The Bertz CT molecular complexity index is 1180. The highest BCUT2D eigenvalue weighted by Crippen LogP contribution is 2.42.